The molecule has 0 unspecified atom stereocenters. The fourth-order valence-corrected chi connectivity index (χ4v) is 6.73. The third kappa shape index (κ3) is 4.24. The molecule has 6 rings (SSSR count). The van der Waals surface area contributed by atoms with Crippen molar-refractivity contribution in [1.82, 2.24) is 30.0 Å². The third-order valence-electron chi connectivity index (χ3n) is 8.81. The van der Waals surface area contributed by atoms with Crippen molar-refractivity contribution < 1.29 is 0 Å². The Kier molecular flexibility index (Phi) is 6.34. The molecule has 0 radical (unpaired) electrons. The molecule has 0 spiro atoms. The lowest BCUT2D eigenvalue weighted by molar-refractivity contribution is 0.0753. The molecule has 0 aliphatic carbocycles. The lowest BCUT2D eigenvalue weighted by Gasteiger charge is -2.43. The molecule has 190 valence electrons. The van der Waals surface area contributed by atoms with E-state index in [4.69, 9.17) is 0 Å². The number of piperidine rings is 2. The Morgan fingerprint density at radius 3 is 2.42 bits per heavy atom. The van der Waals surface area contributed by atoms with E-state index in [1.54, 1.807) is 0 Å². The first-order valence-corrected chi connectivity index (χ1v) is 13.9. The highest BCUT2D eigenvalue weighted by molar-refractivity contribution is 5.98. The van der Waals surface area contributed by atoms with Crippen LogP contribution in [0.25, 0.3) is 33.2 Å². The summed E-state index contributed by atoms with van der Waals surface area (Å²) in [5, 5.41) is 9.69. The number of rotatable bonds is 5. The van der Waals surface area contributed by atoms with Crippen LogP contribution in [0.5, 0.6) is 0 Å². The lowest BCUT2D eigenvalue weighted by atomic mass is 9.86. The molecule has 2 aliphatic heterocycles. The van der Waals surface area contributed by atoms with Crippen molar-refractivity contribution in [2.75, 3.05) is 26.2 Å². The maximum Gasteiger partial charge on any atom is 0.155 e. The molecule has 5 heterocycles. The Balaban J connectivity index is 1.23. The minimum atomic E-state index is 0.415. The Morgan fingerprint density at radius 1 is 0.917 bits per heavy atom. The highest BCUT2D eigenvalue weighted by Crippen LogP contribution is 2.40. The van der Waals surface area contributed by atoms with Crippen molar-refractivity contribution in [3.63, 3.8) is 0 Å². The Hall–Kier alpha value is -2.70. The number of likely N-dealkylation sites (tertiary alicyclic amines) is 2. The van der Waals surface area contributed by atoms with Crippen molar-refractivity contribution in [1.29, 1.82) is 0 Å². The van der Waals surface area contributed by atoms with Crippen LogP contribution >= 0.6 is 0 Å². The molecule has 1 aromatic carbocycles. The summed E-state index contributed by atoms with van der Waals surface area (Å²) in [4.78, 5) is 13.6. The molecule has 6 nitrogen and oxygen atoms in total. The second-order valence-corrected chi connectivity index (χ2v) is 11.5. The van der Waals surface area contributed by atoms with Gasteiger partial charge in [-0.2, -0.15) is 5.10 Å². The van der Waals surface area contributed by atoms with E-state index in [2.05, 4.69) is 81.9 Å². The molecule has 0 atom stereocenters. The number of hydrogen-bond acceptors (Lipinski definition) is 4. The molecular formula is C30H40N6. The van der Waals surface area contributed by atoms with Crippen LogP contribution in [0, 0.1) is 0 Å². The van der Waals surface area contributed by atoms with Crippen LogP contribution < -0.4 is 0 Å². The van der Waals surface area contributed by atoms with E-state index in [0.717, 1.165) is 17.1 Å². The Bertz CT molecular complexity index is 1330. The van der Waals surface area contributed by atoms with Crippen LogP contribution in [-0.4, -0.2) is 68.2 Å². The highest BCUT2D eigenvalue weighted by Gasteiger charge is 2.29. The van der Waals surface area contributed by atoms with Crippen molar-refractivity contribution in [3.8, 4) is 11.3 Å². The molecule has 0 bridgehead atoms. The van der Waals surface area contributed by atoms with Gasteiger partial charge in [0.15, 0.2) is 5.65 Å². The summed E-state index contributed by atoms with van der Waals surface area (Å²) in [5.41, 5.74) is 7.34. The number of nitrogens with one attached hydrogen (secondary N) is 2. The number of aromatic amines is 2. The summed E-state index contributed by atoms with van der Waals surface area (Å²) in [6.07, 6.45) is 8.96. The smallest absolute Gasteiger partial charge is 0.155 e. The van der Waals surface area contributed by atoms with Gasteiger partial charge in [0.2, 0.25) is 0 Å². The Morgan fingerprint density at radius 2 is 1.69 bits per heavy atom. The van der Waals surface area contributed by atoms with Gasteiger partial charge in [-0.25, -0.2) is 4.98 Å². The molecular weight excluding hydrogens is 444 g/mol. The minimum Gasteiger partial charge on any atom is -0.354 e. The van der Waals surface area contributed by atoms with E-state index in [0.29, 0.717) is 17.9 Å². The number of H-pyrrole nitrogens is 2. The minimum absolute atomic E-state index is 0.415. The molecule has 2 fully saturated rings. The number of pyridine rings is 1. The highest BCUT2D eigenvalue weighted by atomic mass is 15.2. The molecule has 3 aromatic heterocycles. The molecule has 36 heavy (non-hydrogen) atoms. The number of aromatic nitrogens is 4. The SMILES string of the molecule is CC(C)c1c(-c2ccnc3[nH]ncc23)[nH]c2ccc(C3CCN(C4CCN(C(C)C)CC4)CC3)cc12. The van der Waals surface area contributed by atoms with E-state index >= 15 is 0 Å². The van der Waals surface area contributed by atoms with Crippen LogP contribution in [-0.2, 0) is 0 Å². The van der Waals surface area contributed by atoms with Crippen molar-refractivity contribution >= 4 is 21.9 Å². The number of benzene rings is 1. The van der Waals surface area contributed by atoms with Crippen LogP contribution in [0.4, 0.5) is 0 Å². The van der Waals surface area contributed by atoms with Gasteiger partial charge in [0, 0.05) is 40.1 Å². The maximum absolute atomic E-state index is 4.44. The quantitative estimate of drug-likeness (QED) is 0.350. The zero-order valence-corrected chi connectivity index (χ0v) is 22.2. The van der Waals surface area contributed by atoms with Gasteiger partial charge >= 0.3 is 0 Å². The zero-order valence-electron chi connectivity index (χ0n) is 22.2. The van der Waals surface area contributed by atoms with Crippen LogP contribution in [0.3, 0.4) is 0 Å². The van der Waals surface area contributed by atoms with Gasteiger partial charge in [0.05, 0.1) is 11.9 Å². The topological polar surface area (TPSA) is 63.8 Å². The van der Waals surface area contributed by atoms with E-state index in [9.17, 15) is 0 Å². The van der Waals surface area contributed by atoms with Crippen molar-refractivity contribution in [2.45, 2.75) is 77.3 Å². The van der Waals surface area contributed by atoms with Crippen LogP contribution in [0.1, 0.15) is 76.3 Å². The third-order valence-corrected chi connectivity index (χ3v) is 8.81. The summed E-state index contributed by atoms with van der Waals surface area (Å²) in [5.74, 6) is 1.07. The monoisotopic (exact) mass is 484 g/mol. The van der Waals surface area contributed by atoms with Gasteiger partial charge in [0.25, 0.3) is 0 Å². The summed E-state index contributed by atoms with van der Waals surface area (Å²) in [6, 6.07) is 10.7. The molecule has 6 heteroatoms. The van der Waals surface area contributed by atoms with Gasteiger partial charge in [0.1, 0.15) is 0 Å². The molecule has 2 aliphatic rings. The molecule has 0 amide bonds. The van der Waals surface area contributed by atoms with E-state index in [-0.39, 0.29) is 0 Å². The van der Waals surface area contributed by atoms with Gasteiger partial charge in [-0.05, 0) is 107 Å². The van der Waals surface area contributed by atoms with Crippen molar-refractivity contribution in [2.24, 2.45) is 0 Å². The summed E-state index contributed by atoms with van der Waals surface area (Å²) >= 11 is 0. The van der Waals surface area contributed by atoms with E-state index < -0.39 is 0 Å². The molecule has 4 aromatic rings. The predicted molar refractivity (Wildman–Crippen MR) is 149 cm³/mol. The maximum atomic E-state index is 4.44. The van der Waals surface area contributed by atoms with Gasteiger partial charge in [-0.3, -0.25) is 5.10 Å². The van der Waals surface area contributed by atoms with Crippen LogP contribution in [0.15, 0.2) is 36.7 Å². The molecule has 2 N–H and O–H groups in total. The predicted octanol–water partition coefficient (Wildman–Crippen LogP) is 6.28. The average Bonchev–Trinajstić information content (AvgIpc) is 3.53. The van der Waals surface area contributed by atoms with E-state index in [1.807, 2.05) is 12.4 Å². The van der Waals surface area contributed by atoms with Gasteiger partial charge in [-0.15, -0.1) is 0 Å². The number of hydrogen-bond donors (Lipinski definition) is 2. The first kappa shape index (κ1) is 23.7. The van der Waals surface area contributed by atoms with Crippen LogP contribution in [0.2, 0.25) is 0 Å². The first-order valence-electron chi connectivity index (χ1n) is 13.9. The van der Waals surface area contributed by atoms with Gasteiger partial charge < -0.3 is 14.8 Å². The fraction of sp³-hybridized carbons (Fsp3) is 0.533. The first-order chi connectivity index (χ1) is 17.5. The summed E-state index contributed by atoms with van der Waals surface area (Å²) < 4.78 is 0. The number of fused-ring (bicyclic) bond motifs is 2. The largest absolute Gasteiger partial charge is 0.354 e. The molecule has 2 saturated heterocycles. The summed E-state index contributed by atoms with van der Waals surface area (Å²) in [7, 11) is 0. The second kappa shape index (κ2) is 9.64. The lowest BCUT2D eigenvalue weighted by Crippen LogP contribution is -2.48. The molecule has 0 saturated carbocycles. The van der Waals surface area contributed by atoms with E-state index in [1.165, 1.54) is 85.1 Å². The number of nitrogens with zero attached hydrogens (tertiary/aromatic N) is 4. The van der Waals surface area contributed by atoms with Gasteiger partial charge in [-0.1, -0.05) is 19.9 Å². The zero-order chi connectivity index (χ0) is 24.8. The second-order valence-electron chi connectivity index (χ2n) is 11.5. The fourth-order valence-electron chi connectivity index (χ4n) is 6.73. The standard InChI is InChI=1S/C30H40N6/c1-19(2)28-25-17-22(21-8-13-36(14-9-21)23-10-15-35(16-11-23)20(3)4)5-6-27(25)33-29(28)24-7-12-31-30-26(24)18-32-34-30/h5-7,12,17-21,23,33H,8-11,13-16H2,1-4H3,(H,31,32,34). The summed E-state index contributed by atoms with van der Waals surface area (Å²) in [6.45, 7) is 14.3. The normalized spacial score (nSPS) is 19.4. The average molecular weight is 485 g/mol. The van der Waals surface area contributed by atoms with Crippen molar-refractivity contribution in [3.05, 3.63) is 47.8 Å². The Labute approximate surface area is 214 Å².